The summed E-state index contributed by atoms with van der Waals surface area (Å²) in [5.74, 6) is 0. The molecule has 0 aromatic carbocycles. The maximum Gasteiger partial charge on any atom is 0.228 e. The molecule has 2 N–H and O–H groups in total. The van der Waals surface area contributed by atoms with Gasteiger partial charge in [-0.2, -0.15) is 0 Å². The van der Waals surface area contributed by atoms with E-state index in [2.05, 4.69) is 10.3 Å². The molecule has 1 rings (SSSR count). The maximum absolute atomic E-state index is 11.2. The van der Waals surface area contributed by atoms with E-state index in [1.807, 2.05) is 0 Å². The first-order valence-electron chi connectivity index (χ1n) is 3.47. The Morgan fingerprint density at radius 2 is 2.25 bits per heavy atom. The summed E-state index contributed by atoms with van der Waals surface area (Å²) in [4.78, 5) is 13.0. The molecule has 0 radical (unpaired) electrons. The SMILES string of the molecule is CNc1cncc(P(C)(=O)O)c1. The third-order valence-corrected chi connectivity index (χ3v) is 2.69. The van der Waals surface area contributed by atoms with Crippen LogP contribution < -0.4 is 10.6 Å². The second-order valence-electron chi connectivity index (χ2n) is 2.56. The third-order valence-electron chi connectivity index (χ3n) is 1.49. The van der Waals surface area contributed by atoms with Gasteiger partial charge in [0.05, 0.1) is 11.0 Å². The number of rotatable bonds is 2. The molecule has 0 aliphatic heterocycles. The third kappa shape index (κ3) is 2.06. The first-order chi connectivity index (χ1) is 5.54. The summed E-state index contributed by atoms with van der Waals surface area (Å²) in [7, 11) is -1.43. The average molecular weight is 186 g/mol. The fourth-order valence-corrected chi connectivity index (χ4v) is 1.45. The zero-order valence-corrected chi connectivity index (χ0v) is 7.88. The van der Waals surface area contributed by atoms with Crippen molar-refractivity contribution < 1.29 is 9.46 Å². The summed E-state index contributed by atoms with van der Waals surface area (Å²) in [5, 5.41) is 3.21. The van der Waals surface area contributed by atoms with Gasteiger partial charge in [0.25, 0.3) is 0 Å². The van der Waals surface area contributed by atoms with Crippen LogP contribution in [0.15, 0.2) is 18.5 Å². The number of nitrogens with one attached hydrogen (secondary N) is 1. The highest BCUT2D eigenvalue weighted by Crippen LogP contribution is 2.33. The minimum Gasteiger partial charge on any atom is -0.387 e. The summed E-state index contributed by atoms with van der Waals surface area (Å²) in [6.45, 7) is 1.30. The molecule has 0 aliphatic rings. The highest BCUT2D eigenvalue weighted by molar-refractivity contribution is 7.65. The molecule has 0 saturated heterocycles. The van der Waals surface area contributed by atoms with Gasteiger partial charge in [-0.15, -0.1) is 0 Å². The first-order valence-corrected chi connectivity index (χ1v) is 5.58. The van der Waals surface area contributed by atoms with E-state index in [1.54, 1.807) is 19.3 Å². The highest BCUT2D eigenvalue weighted by atomic mass is 31.2. The van der Waals surface area contributed by atoms with Gasteiger partial charge in [0.2, 0.25) is 7.37 Å². The van der Waals surface area contributed by atoms with Crippen molar-refractivity contribution in [2.75, 3.05) is 19.0 Å². The Balaban J connectivity index is 3.11. The number of nitrogens with zero attached hydrogens (tertiary/aromatic N) is 1. The lowest BCUT2D eigenvalue weighted by Crippen LogP contribution is -2.05. The zero-order valence-electron chi connectivity index (χ0n) is 6.98. The van der Waals surface area contributed by atoms with Crippen LogP contribution in [0.3, 0.4) is 0 Å². The van der Waals surface area contributed by atoms with Crippen molar-refractivity contribution in [1.82, 2.24) is 4.98 Å². The smallest absolute Gasteiger partial charge is 0.228 e. The first kappa shape index (κ1) is 9.23. The van der Waals surface area contributed by atoms with E-state index in [-0.39, 0.29) is 0 Å². The van der Waals surface area contributed by atoms with Crippen molar-refractivity contribution in [1.29, 1.82) is 0 Å². The van der Waals surface area contributed by atoms with Crippen LogP contribution in [0.2, 0.25) is 0 Å². The summed E-state index contributed by atoms with van der Waals surface area (Å²) in [6, 6.07) is 1.62. The molecule has 0 saturated carbocycles. The maximum atomic E-state index is 11.2. The lowest BCUT2D eigenvalue weighted by molar-refractivity contribution is 0.496. The summed E-state index contributed by atoms with van der Waals surface area (Å²) < 4.78 is 11.2. The summed E-state index contributed by atoms with van der Waals surface area (Å²) in [5.41, 5.74) is 0.739. The van der Waals surface area contributed by atoms with Crippen molar-refractivity contribution in [2.24, 2.45) is 0 Å². The van der Waals surface area contributed by atoms with Crippen LogP contribution in [0, 0.1) is 0 Å². The van der Waals surface area contributed by atoms with Crippen molar-refractivity contribution >= 4 is 18.4 Å². The largest absolute Gasteiger partial charge is 0.387 e. The topological polar surface area (TPSA) is 62.2 Å². The molecular weight excluding hydrogens is 175 g/mol. The second kappa shape index (κ2) is 3.25. The summed E-state index contributed by atoms with van der Waals surface area (Å²) in [6.07, 6.45) is 3.00. The summed E-state index contributed by atoms with van der Waals surface area (Å²) >= 11 is 0. The molecule has 1 aromatic heterocycles. The molecule has 1 heterocycles. The fourth-order valence-electron chi connectivity index (χ4n) is 0.791. The van der Waals surface area contributed by atoms with E-state index >= 15 is 0 Å². The minimum absolute atomic E-state index is 0.370. The molecule has 1 aromatic rings. The van der Waals surface area contributed by atoms with Crippen molar-refractivity contribution in [3.63, 3.8) is 0 Å². The van der Waals surface area contributed by atoms with Gasteiger partial charge in [-0.3, -0.25) is 9.55 Å². The second-order valence-corrected chi connectivity index (χ2v) is 4.84. The van der Waals surface area contributed by atoms with E-state index < -0.39 is 7.37 Å². The fraction of sp³-hybridized carbons (Fsp3) is 0.286. The Morgan fingerprint density at radius 1 is 1.58 bits per heavy atom. The van der Waals surface area contributed by atoms with E-state index in [4.69, 9.17) is 0 Å². The van der Waals surface area contributed by atoms with Crippen molar-refractivity contribution in [3.05, 3.63) is 18.5 Å². The lowest BCUT2D eigenvalue weighted by atomic mass is 10.4. The Kier molecular flexibility index (Phi) is 2.50. The quantitative estimate of drug-likeness (QED) is 0.665. The lowest BCUT2D eigenvalue weighted by Gasteiger charge is -2.06. The van der Waals surface area contributed by atoms with Crippen LogP contribution in [0.25, 0.3) is 0 Å². The van der Waals surface area contributed by atoms with E-state index in [0.717, 1.165) is 5.69 Å². The predicted octanol–water partition coefficient (Wildman–Crippen LogP) is 0.649. The number of hydrogen-bond acceptors (Lipinski definition) is 3. The van der Waals surface area contributed by atoms with Crippen LogP contribution in [0.5, 0.6) is 0 Å². The van der Waals surface area contributed by atoms with E-state index in [9.17, 15) is 9.46 Å². The monoisotopic (exact) mass is 186 g/mol. The number of hydrogen-bond donors (Lipinski definition) is 2. The van der Waals surface area contributed by atoms with Gasteiger partial charge in [0.15, 0.2) is 0 Å². The Labute approximate surface area is 71.1 Å². The van der Waals surface area contributed by atoms with Crippen molar-refractivity contribution in [3.8, 4) is 0 Å². The molecule has 0 fully saturated rings. The van der Waals surface area contributed by atoms with Gasteiger partial charge in [-0.25, -0.2) is 0 Å². The molecular formula is C7H11N2O2P. The van der Waals surface area contributed by atoms with Gasteiger partial charge in [-0.1, -0.05) is 0 Å². The van der Waals surface area contributed by atoms with Crippen LogP contribution in [-0.4, -0.2) is 23.6 Å². The van der Waals surface area contributed by atoms with Gasteiger partial charge >= 0.3 is 0 Å². The van der Waals surface area contributed by atoms with Gasteiger partial charge < -0.3 is 10.2 Å². The van der Waals surface area contributed by atoms with E-state index in [1.165, 1.54) is 12.9 Å². The van der Waals surface area contributed by atoms with Gasteiger partial charge in [0, 0.05) is 26.1 Å². The molecule has 0 amide bonds. The van der Waals surface area contributed by atoms with Crippen LogP contribution in [-0.2, 0) is 4.57 Å². The number of pyridine rings is 1. The molecule has 1 atom stereocenters. The molecule has 4 nitrogen and oxygen atoms in total. The standard InChI is InChI=1S/C7H11N2O2P/c1-8-6-3-7(5-9-4-6)12(2,10)11/h3-5,8H,1-2H3,(H,10,11). The molecule has 1 unspecified atom stereocenters. The Hall–Kier alpha value is -0.860. The minimum atomic E-state index is -3.16. The molecule has 66 valence electrons. The molecule has 5 heteroatoms. The number of anilines is 1. The zero-order chi connectivity index (χ0) is 9.19. The molecule has 0 bridgehead atoms. The van der Waals surface area contributed by atoms with Gasteiger partial charge in [-0.05, 0) is 6.07 Å². The molecule has 0 spiro atoms. The molecule has 12 heavy (non-hydrogen) atoms. The van der Waals surface area contributed by atoms with E-state index in [0.29, 0.717) is 5.30 Å². The average Bonchev–Trinajstić information content (AvgIpc) is 2.03. The van der Waals surface area contributed by atoms with Crippen LogP contribution in [0.1, 0.15) is 0 Å². The van der Waals surface area contributed by atoms with Gasteiger partial charge in [0.1, 0.15) is 0 Å². The Morgan fingerprint density at radius 3 is 2.75 bits per heavy atom. The predicted molar refractivity (Wildman–Crippen MR) is 49.2 cm³/mol. The highest BCUT2D eigenvalue weighted by Gasteiger charge is 2.13. The van der Waals surface area contributed by atoms with Crippen LogP contribution in [0.4, 0.5) is 5.69 Å². The Bertz CT molecular complexity index is 321. The normalized spacial score (nSPS) is 15.2. The van der Waals surface area contributed by atoms with Crippen molar-refractivity contribution in [2.45, 2.75) is 0 Å². The molecule has 0 aliphatic carbocycles. The number of aromatic nitrogens is 1. The van der Waals surface area contributed by atoms with Crippen LogP contribution >= 0.6 is 7.37 Å².